The van der Waals surface area contributed by atoms with Crippen LogP contribution in [0.25, 0.3) is 11.3 Å². The largest absolute Gasteiger partial charge is 0.461 e. The highest BCUT2D eigenvalue weighted by atomic mass is 19.1. The van der Waals surface area contributed by atoms with E-state index in [9.17, 15) is 9.18 Å². The topological polar surface area (TPSA) is 83.0 Å². The van der Waals surface area contributed by atoms with Crippen LogP contribution in [0, 0.1) is 0 Å². The third-order valence-electron chi connectivity index (χ3n) is 4.03. The van der Waals surface area contributed by atoms with Gasteiger partial charge in [-0.2, -0.15) is 10.1 Å². The van der Waals surface area contributed by atoms with Crippen LogP contribution >= 0.6 is 0 Å². The van der Waals surface area contributed by atoms with Gasteiger partial charge in [-0.3, -0.25) is 4.79 Å². The van der Waals surface area contributed by atoms with Crippen LogP contribution in [0.4, 0.5) is 4.39 Å². The molecule has 0 aliphatic heterocycles. The predicted octanol–water partition coefficient (Wildman–Crippen LogP) is 2.91. The fraction of sp³-hybridized carbons (Fsp3) is 0.333. The van der Waals surface area contributed by atoms with Gasteiger partial charge in [0.25, 0.3) is 5.56 Å². The summed E-state index contributed by atoms with van der Waals surface area (Å²) in [5, 5.41) is 8.30. The summed E-state index contributed by atoms with van der Waals surface area (Å²) >= 11 is 0. The molecule has 3 aromatic rings. The lowest BCUT2D eigenvalue weighted by Crippen LogP contribution is -2.23. The monoisotopic (exact) mass is 356 g/mol. The Morgan fingerprint density at radius 1 is 1.27 bits per heavy atom. The number of alkyl halides is 1. The Labute approximate surface area is 148 Å². The third-order valence-corrected chi connectivity index (χ3v) is 4.03. The molecule has 4 rings (SSSR count). The predicted molar refractivity (Wildman–Crippen MR) is 90.5 cm³/mol. The van der Waals surface area contributed by atoms with Gasteiger partial charge in [0.2, 0.25) is 12.2 Å². The van der Waals surface area contributed by atoms with Gasteiger partial charge < -0.3 is 9.26 Å². The molecule has 134 valence electrons. The molecule has 7 nitrogen and oxygen atoms in total. The van der Waals surface area contributed by atoms with Crippen LogP contribution in [0.3, 0.4) is 0 Å². The van der Waals surface area contributed by atoms with Gasteiger partial charge in [0.15, 0.2) is 5.82 Å². The zero-order chi connectivity index (χ0) is 18.1. The second kappa shape index (κ2) is 6.70. The molecule has 2 heterocycles. The van der Waals surface area contributed by atoms with E-state index in [2.05, 4.69) is 15.2 Å². The first-order valence-electron chi connectivity index (χ1n) is 8.40. The zero-order valence-corrected chi connectivity index (χ0v) is 14.1. The lowest BCUT2D eigenvalue weighted by molar-refractivity contribution is 0.0861. The molecule has 1 atom stereocenters. The summed E-state index contributed by atoms with van der Waals surface area (Å²) in [6, 6.07) is 9.90. The molecule has 1 saturated carbocycles. The second-order valence-electron chi connectivity index (χ2n) is 6.22. The van der Waals surface area contributed by atoms with Crippen LogP contribution in [0.1, 0.15) is 37.4 Å². The fourth-order valence-electron chi connectivity index (χ4n) is 2.58. The minimum Gasteiger partial charge on any atom is -0.461 e. The van der Waals surface area contributed by atoms with E-state index in [0.29, 0.717) is 29.1 Å². The molecular formula is C18H17FN4O3. The summed E-state index contributed by atoms with van der Waals surface area (Å²) in [6.07, 6.45) is 0.775. The number of nitrogens with zero attached hydrogens (tertiary/aromatic N) is 4. The Hall–Kier alpha value is -3.03. The Kier molecular flexibility index (Phi) is 4.24. The lowest BCUT2D eigenvalue weighted by Gasteiger charge is -2.08. The molecule has 0 radical (unpaired) electrons. The van der Waals surface area contributed by atoms with Crippen molar-refractivity contribution in [3.8, 4) is 17.0 Å². The molecule has 8 heteroatoms. The standard InChI is InChI=1S/C18H17FN4O3/c1-11(19)25-14-6-4-12(5-7-14)15-8-9-17(24)23(21-15)10-16-20-18(22-26-16)13-2-3-13/h4-9,11,13H,2-3,10H2,1H3. The highest BCUT2D eigenvalue weighted by Gasteiger charge is 2.28. The molecule has 0 N–H and O–H groups in total. The van der Waals surface area contributed by atoms with E-state index in [1.54, 1.807) is 30.3 Å². The maximum absolute atomic E-state index is 12.9. The highest BCUT2D eigenvalue weighted by Crippen LogP contribution is 2.38. The van der Waals surface area contributed by atoms with E-state index in [-0.39, 0.29) is 12.1 Å². The smallest absolute Gasteiger partial charge is 0.267 e. The van der Waals surface area contributed by atoms with Gasteiger partial charge >= 0.3 is 0 Å². The van der Waals surface area contributed by atoms with Gasteiger partial charge in [-0.1, -0.05) is 5.16 Å². The van der Waals surface area contributed by atoms with Crippen molar-refractivity contribution < 1.29 is 13.7 Å². The van der Waals surface area contributed by atoms with Crippen molar-refractivity contribution in [2.24, 2.45) is 0 Å². The summed E-state index contributed by atoms with van der Waals surface area (Å²) < 4.78 is 24.4. The van der Waals surface area contributed by atoms with Crippen LogP contribution in [0.2, 0.25) is 0 Å². The molecular weight excluding hydrogens is 339 g/mol. The van der Waals surface area contributed by atoms with Crippen molar-refractivity contribution in [3.63, 3.8) is 0 Å². The van der Waals surface area contributed by atoms with Gasteiger partial charge in [-0.15, -0.1) is 0 Å². The fourth-order valence-corrected chi connectivity index (χ4v) is 2.58. The maximum atomic E-state index is 12.9. The molecule has 1 fully saturated rings. The van der Waals surface area contributed by atoms with E-state index < -0.39 is 6.36 Å². The Morgan fingerprint density at radius 2 is 2.04 bits per heavy atom. The van der Waals surface area contributed by atoms with E-state index in [1.165, 1.54) is 17.7 Å². The summed E-state index contributed by atoms with van der Waals surface area (Å²) in [5.74, 6) is 1.87. The van der Waals surface area contributed by atoms with Gasteiger partial charge in [0, 0.05) is 24.5 Å². The molecule has 1 aliphatic rings. The van der Waals surface area contributed by atoms with E-state index in [4.69, 9.17) is 9.26 Å². The van der Waals surface area contributed by atoms with Crippen molar-refractivity contribution in [3.05, 3.63) is 58.5 Å². The Morgan fingerprint density at radius 3 is 2.73 bits per heavy atom. The van der Waals surface area contributed by atoms with Crippen LogP contribution in [0.5, 0.6) is 5.75 Å². The van der Waals surface area contributed by atoms with Gasteiger partial charge in [-0.25, -0.2) is 9.07 Å². The number of rotatable bonds is 6. The first-order chi connectivity index (χ1) is 12.6. The second-order valence-corrected chi connectivity index (χ2v) is 6.22. The van der Waals surface area contributed by atoms with E-state index in [0.717, 1.165) is 18.4 Å². The number of aromatic nitrogens is 4. The summed E-state index contributed by atoms with van der Waals surface area (Å²) in [4.78, 5) is 16.4. The molecule has 0 bridgehead atoms. The Bertz CT molecular complexity index is 961. The van der Waals surface area contributed by atoms with Gasteiger partial charge in [0.05, 0.1) is 5.69 Å². The molecule has 0 spiro atoms. The van der Waals surface area contributed by atoms with E-state index in [1.807, 2.05) is 0 Å². The van der Waals surface area contributed by atoms with Crippen molar-refractivity contribution in [1.82, 2.24) is 19.9 Å². The molecule has 0 saturated heterocycles. The van der Waals surface area contributed by atoms with Crippen LogP contribution in [0.15, 0.2) is 45.7 Å². The van der Waals surface area contributed by atoms with Crippen molar-refractivity contribution in [2.45, 2.75) is 38.6 Å². The van der Waals surface area contributed by atoms with Crippen LogP contribution in [-0.4, -0.2) is 26.3 Å². The third kappa shape index (κ3) is 3.63. The minimum atomic E-state index is -1.38. The highest BCUT2D eigenvalue weighted by molar-refractivity contribution is 5.59. The number of hydrogen-bond acceptors (Lipinski definition) is 6. The number of halogens is 1. The maximum Gasteiger partial charge on any atom is 0.267 e. The summed E-state index contributed by atoms with van der Waals surface area (Å²) in [6.45, 7) is 1.43. The number of benzene rings is 1. The SMILES string of the molecule is CC(F)Oc1ccc(-c2ccc(=O)n(Cc3nc(C4CC4)no3)n2)cc1. The first-order valence-corrected chi connectivity index (χ1v) is 8.40. The summed E-state index contributed by atoms with van der Waals surface area (Å²) in [7, 11) is 0. The molecule has 0 amide bonds. The van der Waals surface area contributed by atoms with Crippen molar-refractivity contribution in [2.75, 3.05) is 0 Å². The van der Waals surface area contributed by atoms with Crippen LogP contribution < -0.4 is 10.3 Å². The molecule has 1 aliphatic carbocycles. The first kappa shape index (κ1) is 16.4. The quantitative estimate of drug-likeness (QED) is 0.675. The molecule has 26 heavy (non-hydrogen) atoms. The van der Waals surface area contributed by atoms with Crippen molar-refractivity contribution >= 4 is 0 Å². The van der Waals surface area contributed by atoms with E-state index >= 15 is 0 Å². The average molecular weight is 356 g/mol. The minimum absolute atomic E-state index is 0.118. The van der Waals surface area contributed by atoms with Crippen molar-refractivity contribution in [1.29, 1.82) is 0 Å². The molecule has 1 aromatic carbocycles. The number of ether oxygens (including phenoxy) is 1. The average Bonchev–Trinajstić information content (AvgIpc) is 3.37. The molecule has 1 unspecified atom stereocenters. The zero-order valence-electron chi connectivity index (χ0n) is 14.1. The molecule has 2 aromatic heterocycles. The lowest BCUT2D eigenvalue weighted by atomic mass is 10.1. The van der Waals surface area contributed by atoms with Gasteiger partial charge in [0.1, 0.15) is 12.3 Å². The van der Waals surface area contributed by atoms with Gasteiger partial charge in [-0.05, 0) is 43.2 Å². The normalized spacial score (nSPS) is 15.0. The number of hydrogen-bond donors (Lipinski definition) is 0. The summed E-state index contributed by atoms with van der Waals surface area (Å²) in [5.41, 5.74) is 1.12. The Balaban J connectivity index is 1.56. The van der Waals surface area contributed by atoms with Crippen LogP contribution in [-0.2, 0) is 6.54 Å².